The van der Waals surface area contributed by atoms with Crippen molar-refractivity contribution in [2.75, 3.05) is 26.4 Å². The number of aliphatic hydroxyl groups is 2. The van der Waals surface area contributed by atoms with E-state index in [1.54, 1.807) is 13.8 Å². The van der Waals surface area contributed by atoms with Crippen molar-refractivity contribution >= 4 is 0 Å². The SMILES string of the molecule is CCCCOCC(C)O.CCOCC(C)O. The van der Waals surface area contributed by atoms with Crippen LogP contribution in [0.25, 0.3) is 0 Å². The van der Waals surface area contributed by atoms with Crippen LogP contribution in [0.4, 0.5) is 0 Å². The number of hydrogen-bond donors (Lipinski definition) is 2. The molecule has 4 nitrogen and oxygen atoms in total. The van der Waals surface area contributed by atoms with E-state index in [2.05, 4.69) is 6.92 Å². The summed E-state index contributed by atoms with van der Waals surface area (Å²) >= 11 is 0. The van der Waals surface area contributed by atoms with E-state index >= 15 is 0 Å². The first-order valence-corrected chi connectivity index (χ1v) is 6.06. The minimum Gasteiger partial charge on any atom is -0.391 e. The van der Waals surface area contributed by atoms with Gasteiger partial charge in [0.15, 0.2) is 0 Å². The summed E-state index contributed by atoms with van der Waals surface area (Å²) in [6.45, 7) is 9.85. The molecule has 100 valence electrons. The van der Waals surface area contributed by atoms with E-state index in [9.17, 15) is 0 Å². The highest BCUT2D eigenvalue weighted by Crippen LogP contribution is 1.89. The number of ether oxygens (including phenoxy) is 2. The molecule has 0 aliphatic carbocycles. The van der Waals surface area contributed by atoms with Gasteiger partial charge in [-0.2, -0.15) is 0 Å². The molecule has 0 saturated carbocycles. The molecule has 0 aliphatic rings. The van der Waals surface area contributed by atoms with Gasteiger partial charge in [-0.05, 0) is 27.2 Å². The van der Waals surface area contributed by atoms with Crippen molar-refractivity contribution in [3.8, 4) is 0 Å². The van der Waals surface area contributed by atoms with Gasteiger partial charge < -0.3 is 19.7 Å². The highest BCUT2D eigenvalue weighted by atomic mass is 16.5. The Morgan fingerprint density at radius 2 is 1.44 bits per heavy atom. The number of hydrogen-bond acceptors (Lipinski definition) is 4. The van der Waals surface area contributed by atoms with Crippen molar-refractivity contribution in [2.24, 2.45) is 0 Å². The summed E-state index contributed by atoms with van der Waals surface area (Å²) in [7, 11) is 0. The van der Waals surface area contributed by atoms with Gasteiger partial charge in [-0.15, -0.1) is 0 Å². The molecule has 0 spiro atoms. The molecular formula is C12H28O4. The first-order chi connectivity index (χ1) is 7.54. The smallest absolute Gasteiger partial charge is 0.0745 e. The summed E-state index contributed by atoms with van der Waals surface area (Å²) in [5.74, 6) is 0. The molecule has 16 heavy (non-hydrogen) atoms. The highest BCUT2D eigenvalue weighted by Gasteiger charge is 1.92. The number of rotatable bonds is 8. The molecule has 2 N–H and O–H groups in total. The summed E-state index contributed by atoms with van der Waals surface area (Å²) in [5.41, 5.74) is 0. The molecule has 0 saturated heterocycles. The second-order valence-corrected chi connectivity index (χ2v) is 3.79. The molecule has 0 amide bonds. The molecule has 2 atom stereocenters. The maximum Gasteiger partial charge on any atom is 0.0745 e. The van der Waals surface area contributed by atoms with Crippen LogP contribution in [0.3, 0.4) is 0 Å². The summed E-state index contributed by atoms with van der Waals surface area (Å²) < 4.78 is 9.93. The highest BCUT2D eigenvalue weighted by molar-refractivity contribution is 4.41. The fourth-order valence-corrected chi connectivity index (χ4v) is 0.789. The molecule has 0 heterocycles. The topological polar surface area (TPSA) is 58.9 Å². The summed E-state index contributed by atoms with van der Waals surface area (Å²) in [4.78, 5) is 0. The van der Waals surface area contributed by atoms with Gasteiger partial charge in [-0.1, -0.05) is 13.3 Å². The maximum atomic E-state index is 8.73. The number of aliphatic hydroxyl groups excluding tert-OH is 2. The van der Waals surface area contributed by atoms with Crippen LogP contribution in [0.5, 0.6) is 0 Å². The van der Waals surface area contributed by atoms with Crippen LogP contribution in [-0.4, -0.2) is 48.8 Å². The second kappa shape index (κ2) is 14.8. The Morgan fingerprint density at radius 3 is 1.75 bits per heavy atom. The molecule has 0 rings (SSSR count). The van der Waals surface area contributed by atoms with Gasteiger partial charge in [-0.25, -0.2) is 0 Å². The molecule has 0 fully saturated rings. The van der Waals surface area contributed by atoms with E-state index in [0.717, 1.165) is 19.4 Å². The maximum absolute atomic E-state index is 8.73. The fourth-order valence-electron chi connectivity index (χ4n) is 0.789. The van der Waals surface area contributed by atoms with Crippen LogP contribution >= 0.6 is 0 Å². The zero-order valence-electron chi connectivity index (χ0n) is 11.1. The predicted molar refractivity (Wildman–Crippen MR) is 65.6 cm³/mol. The van der Waals surface area contributed by atoms with Gasteiger partial charge in [0.25, 0.3) is 0 Å². The van der Waals surface area contributed by atoms with Crippen LogP contribution in [-0.2, 0) is 9.47 Å². The van der Waals surface area contributed by atoms with Crippen LogP contribution in [0, 0.1) is 0 Å². The Bertz CT molecular complexity index is 116. The van der Waals surface area contributed by atoms with E-state index in [4.69, 9.17) is 19.7 Å². The molecule has 0 radical (unpaired) electrons. The average molecular weight is 236 g/mol. The minimum absolute atomic E-state index is 0.318. The van der Waals surface area contributed by atoms with Crippen molar-refractivity contribution in [1.82, 2.24) is 0 Å². The largest absolute Gasteiger partial charge is 0.391 e. The van der Waals surface area contributed by atoms with Crippen LogP contribution < -0.4 is 0 Å². The van der Waals surface area contributed by atoms with Crippen LogP contribution in [0.15, 0.2) is 0 Å². The summed E-state index contributed by atoms with van der Waals surface area (Å²) in [5, 5.41) is 17.3. The van der Waals surface area contributed by atoms with Gasteiger partial charge >= 0.3 is 0 Å². The third kappa shape index (κ3) is 23.6. The van der Waals surface area contributed by atoms with E-state index in [0.29, 0.717) is 19.8 Å². The van der Waals surface area contributed by atoms with Crippen LogP contribution in [0.2, 0.25) is 0 Å². The van der Waals surface area contributed by atoms with Gasteiger partial charge in [0, 0.05) is 13.2 Å². The van der Waals surface area contributed by atoms with E-state index < -0.39 is 0 Å². The quantitative estimate of drug-likeness (QED) is 0.628. The lowest BCUT2D eigenvalue weighted by Crippen LogP contribution is -2.10. The van der Waals surface area contributed by atoms with Crippen molar-refractivity contribution < 1.29 is 19.7 Å². The zero-order valence-corrected chi connectivity index (χ0v) is 11.1. The molecule has 0 aromatic rings. The number of unbranched alkanes of at least 4 members (excludes halogenated alkanes) is 1. The lowest BCUT2D eigenvalue weighted by molar-refractivity contribution is 0.0450. The first-order valence-electron chi connectivity index (χ1n) is 6.06. The van der Waals surface area contributed by atoms with Crippen LogP contribution in [0.1, 0.15) is 40.5 Å². The Morgan fingerprint density at radius 1 is 0.938 bits per heavy atom. The molecule has 0 bridgehead atoms. The summed E-state index contributed by atoms with van der Waals surface area (Å²) in [6, 6.07) is 0. The zero-order chi connectivity index (χ0) is 12.8. The Labute approximate surface area is 99.6 Å². The summed E-state index contributed by atoms with van der Waals surface area (Å²) in [6.07, 6.45) is 1.61. The van der Waals surface area contributed by atoms with Gasteiger partial charge in [0.2, 0.25) is 0 Å². The Kier molecular flexibility index (Phi) is 16.9. The van der Waals surface area contributed by atoms with Gasteiger partial charge in [0.05, 0.1) is 25.4 Å². The lowest BCUT2D eigenvalue weighted by atomic mass is 10.4. The monoisotopic (exact) mass is 236 g/mol. The molecular weight excluding hydrogens is 208 g/mol. The average Bonchev–Trinajstić information content (AvgIpc) is 2.22. The van der Waals surface area contributed by atoms with Gasteiger partial charge in [-0.3, -0.25) is 0 Å². The molecule has 4 heteroatoms. The molecule has 0 aliphatic heterocycles. The standard InChI is InChI=1S/C7H16O2.C5H12O2/c1-3-4-5-9-6-7(2)8;1-3-7-4-5(2)6/h7-8H,3-6H2,1-2H3;5-6H,3-4H2,1-2H3. The third-order valence-electron chi connectivity index (χ3n) is 1.56. The van der Waals surface area contributed by atoms with Crippen molar-refractivity contribution in [3.05, 3.63) is 0 Å². The Hall–Kier alpha value is -0.160. The normalized spacial score (nSPS) is 13.9. The van der Waals surface area contributed by atoms with E-state index in [1.165, 1.54) is 0 Å². The lowest BCUT2D eigenvalue weighted by Gasteiger charge is -2.03. The van der Waals surface area contributed by atoms with Gasteiger partial charge in [0.1, 0.15) is 0 Å². The fraction of sp³-hybridized carbons (Fsp3) is 1.00. The van der Waals surface area contributed by atoms with Crippen molar-refractivity contribution in [2.45, 2.75) is 52.7 Å². The van der Waals surface area contributed by atoms with E-state index in [-0.39, 0.29) is 12.2 Å². The van der Waals surface area contributed by atoms with E-state index in [1.807, 2.05) is 6.92 Å². The third-order valence-corrected chi connectivity index (χ3v) is 1.56. The first kappa shape index (κ1) is 18.2. The minimum atomic E-state index is -0.319. The molecule has 2 unspecified atom stereocenters. The van der Waals surface area contributed by atoms with Crippen molar-refractivity contribution in [3.63, 3.8) is 0 Å². The second-order valence-electron chi connectivity index (χ2n) is 3.79. The predicted octanol–water partition coefficient (Wildman–Crippen LogP) is 1.59. The van der Waals surface area contributed by atoms with Crippen molar-refractivity contribution in [1.29, 1.82) is 0 Å². The molecule has 0 aromatic heterocycles. The Balaban J connectivity index is 0. The molecule has 0 aromatic carbocycles.